The molecule has 0 unspecified atom stereocenters. The zero-order valence-corrected chi connectivity index (χ0v) is 7.15. The van der Waals surface area contributed by atoms with Crippen molar-refractivity contribution < 1.29 is 4.42 Å². The minimum Gasteiger partial charge on any atom is -0.449 e. The van der Waals surface area contributed by atoms with Crippen LogP contribution in [0.5, 0.6) is 0 Å². The standard InChI is InChI=1S/C8H5ClOS/c9-11-8-5-6-3-1-2-4-7(6)10-8/h1-5H. The van der Waals surface area contributed by atoms with Gasteiger partial charge in [-0.1, -0.05) is 18.2 Å². The van der Waals surface area contributed by atoms with Crippen molar-refractivity contribution in [3.8, 4) is 0 Å². The van der Waals surface area contributed by atoms with Gasteiger partial charge in [0, 0.05) is 16.4 Å². The lowest BCUT2D eigenvalue weighted by molar-refractivity contribution is 0.516. The lowest BCUT2D eigenvalue weighted by atomic mass is 10.3. The Morgan fingerprint density at radius 2 is 2.09 bits per heavy atom. The summed E-state index contributed by atoms with van der Waals surface area (Å²) in [6.07, 6.45) is 0. The van der Waals surface area contributed by atoms with Gasteiger partial charge in [-0.25, -0.2) is 0 Å². The van der Waals surface area contributed by atoms with Crippen molar-refractivity contribution in [2.45, 2.75) is 5.09 Å². The molecule has 0 bridgehead atoms. The molecule has 1 aromatic heterocycles. The van der Waals surface area contributed by atoms with Crippen LogP contribution in [0.15, 0.2) is 39.8 Å². The first-order valence-electron chi connectivity index (χ1n) is 3.17. The van der Waals surface area contributed by atoms with Crippen LogP contribution in [-0.4, -0.2) is 0 Å². The Morgan fingerprint density at radius 3 is 2.82 bits per heavy atom. The van der Waals surface area contributed by atoms with E-state index < -0.39 is 0 Å². The second kappa shape index (κ2) is 2.80. The summed E-state index contributed by atoms with van der Waals surface area (Å²) in [6, 6.07) is 9.75. The number of benzene rings is 1. The van der Waals surface area contributed by atoms with Crippen LogP contribution in [0, 0.1) is 0 Å². The van der Waals surface area contributed by atoms with E-state index in [0.29, 0.717) is 0 Å². The summed E-state index contributed by atoms with van der Waals surface area (Å²) < 4.78 is 5.35. The van der Waals surface area contributed by atoms with Gasteiger partial charge in [-0.2, -0.15) is 0 Å². The Hall–Kier alpha value is -0.600. The maximum atomic E-state index is 5.52. The van der Waals surface area contributed by atoms with Crippen molar-refractivity contribution in [2.24, 2.45) is 0 Å². The molecule has 2 rings (SSSR count). The summed E-state index contributed by atoms with van der Waals surface area (Å²) in [5, 5.41) is 1.84. The number of hydrogen-bond acceptors (Lipinski definition) is 2. The summed E-state index contributed by atoms with van der Waals surface area (Å²) in [6.45, 7) is 0. The minimum atomic E-state index is 0.743. The molecule has 1 aromatic carbocycles. The van der Waals surface area contributed by atoms with Crippen LogP contribution in [0.2, 0.25) is 0 Å². The molecule has 0 aliphatic heterocycles. The quantitative estimate of drug-likeness (QED) is 0.671. The molecule has 0 spiro atoms. The normalized spacial score (nSPS) is 10.6. The van der Waals surface area contributed by atoms with E-state index in [2.05, 4.69) is 0 Å². The van der Waals surface area contributed by atoms with Crippen LogP contribution in [0.25, 0.3) is 11.0 Å². The monoisotopic (exact) mass is 184 g/mol. The molecule has 0 amide bonds. The third kappa shape index (κ3) is 1.24. The molecule has 2 aromatic rings. The van der Waals surface area contributed by atoms with Gasteiger partial charge < -0.3 is 4.42 Å². The molecule has 0 saturated heterocycles. The van der Waals surface area contributed by atoms with Gasteiger partial charge in [-0.15, -0.1) is 0 Å². The highest BCUT2D eigenvalue weighted by molar-refractivity contribution is 8.21. The molecular weight excluding hydrogens is 180 g/mol. The van der Waals surface area contributed by atoms with Crippen molar-refractivity contribution in [3.05, 3.63) is 30.3 Å². The van der Waals surface area contributed by atoms with E-state index in [4.69, 9.17) is 15.1 Å². The minimum absolute atomic E-state index is 0.743. The summed E-state index contributed by atoms with van der Waals surface area (Å²) in [5.74, 6) is 0. The second-order valence-corrected chi connectivity index (χ2v) is 3.20. The molecule has 0 N–H and O–H groups in total. The molecule has 0 atom stereocenters. The van der Waals surface area contributed by atoms with Crippen molar-refractivity contribution in [3.63, 3.8) is 0 Å². The zero-order chi connectivity index (χ0) is 7.68. The molecule has 0 fully saturated rings. The first-order valence-corrected chi connectivity index (χ1v) is 4.81. The lowest BCUT2D eigenvalue weighted by Gasteiger charge is -1.82. The average Bonchev–Trinajstić information content (AvgIpc) is 2.46. The van der Waals surface area contributed by atoms with E-state index >= 15 is 0 Å². The summed E-state index contributed by atoms with van der Waals surface area (Å²) >= 11 is 0. The van der Waals surface area contributed by atoms with E-state index in [0.717, 1.165) is 27.0 Å². The van der Waals surface area contributed by atoms with Crippen LogP contribution < -0.4 is 0 Å². The van der Waals surface area contributed by atoms with Gasteiger partial charge in [0.05, 0.1) is 0 Å². The van der Waals surface area contributed by atoms with E-state index in [-0.39, 0.29) is 0 Å². The van der Waals surface area contributed by atoms with Crippen molar-refractivity contribution in [1.82, 2.24) is 0 Å². The van der Waals surface area contributed by atoms with Crippen LogP contribution in [-0.2, 0) is 0 Å². The zero-order valence-electron chi connectivity index (χ0n) is 5.58. The fourth-order valence-corrected chi connectivity index (χ4v) is 1.52. The Morgan fingerprint density at radius 1 is 1.27 bits per heavy atom. The van der Waals surface area contributed by atoms with Gasteiger partial charge in [-0.3, -0.25) is 0 Å². The molecule has 0 aliphatic rings. The number of fused-ring (bicyclic) bond motifs is 1. The Balaban J connectivity index is 2.69. The van der Waals surface area contributed by atoms with Gasteiger partial charge in [0.25, 0.3) is 0 Å². The van der Waals surface area contributed by atoms with E-state index in [1.165, 1.54) is 0 Å². The Labute approximate surface area is 72.8 Å². The van der Waals surface area contributed by atoms with Gasteiger partial charge in [0.1, 0.15) is 5.58 Å². The van der Waals surface area contributed by atoms with Gasteiger partial charge >= 0.3 is 0 Å². The van der Waals surface area contributed by atoms with Gasteiger partial charge in [0.2, 0.25) is 0 Å². The molecule has 0 radical (unpaired) electrons. The molecule has 56 valence electrons. The van der Waals surface area contributed by atoms with Gasteiger partial charge in [0.15, 0.2) is 5.09 Å². The number of para-hydroxylation sites is 1. The second-order valence-electron chi connectivity index (χ2n) is 2.18. The van der Waals surface area contributed by atoms with Crippen LogP contribution in [0.3, 0.4) is 0 Å². The predicted octanol–water partition coefficient (Wildman–Crippen LogP) is 3.68. The molecule has 0 saturated carbocycles. The largest absolute Gasteiger partial charge is 0.449 e. The molecule has 3 heteroatoms. The third-order valence-corrected chi connectivity index (χ3v) is 2.29. The van der Waals surface area contributed by atoms with Crippen molar-refractivity contribution >= 4 is 32.6 Å². The lowest BCUT2D eigenvalue weighted by Crippen LogP contribution is -1.57. The van der Waals surface area contributed by atoms with Crippen molar-refractivity contribution in [1.29, 1.82) is 0 Å². The number of furan rings is 1. The fraction of sp³-hybridized carbons (Fsp3) is 0. The summed E-state index contributed by atoms with van der Waals surface area (Å²) in [4.78, 5) is 0. The highest BCUT2D eigenvalue weighted by Gasteiger charge is 2.00. The highest BCUT2D eigenvalue weighted by atomic mass is 35.7. The number of hydrogen-bond donors (Lipinski definition) is 0. The SMILES string of the molecule is ClSc1cc2ccccc2o1. The van der Waals surface area contributed by atoms with Crippen LogP contribution in [0.4, 0.5) is 0 Å². The van der Waals surface area contributed by atoms with Gasteiger partial charge in [-0.05, 0) is 22.8 Å². The first kappa shape index (κ1) is 7.07. The van der Waals surface area contributed by atoms with Crippen LogP contribution >= 0.6 is 21.7 Å². The van der Waals surface area contributed by atoms with Crippen molar-refractivity contribution in [2.75, 3.05) is 0 Å². The molecular formula is C8H5ClOS. The molecule has 1 nitrogen and oxygen atoms in total. The highest BCUT2D eigenvalue weighted by Crippen LogP contribution is 2.28. The summed E-state index contributed by atoms with van der Waals surface area (Å²) in [5.41, 5.74) is 0.885. The molecule has 0 aliphatic carbocycles. The topological polar surface area (TPSA) is 13.1 Å². The fourth-order valence-electron chi connectivity index (χ4n) is 0.996. The smallest absolute Gasteiger partial charge is 0.176 e. The van der Waals surface area contributed by atoms with E-state index in [9.17, 15) is 0 Å². The average molecular weight is 185 g/mol. The number of rotatable bonds is 1. The Kier molecular flexibility index (Phi) is 1.80. The first-order chi connectivity index (χ1) is 5.40. The van der Waals surface area contributed by atoms with E-state index in [1.54, 1.807) is 0 Å². The number of halogens is 1. The Bertz CT molecular complexity index is 336. The van der Waals surface area contributed by atoms with Crippen LogP contribution in [0.1, 0.15) is 0 Å². The molecule has 1 heterocycles. The third-order valence-electron chi connectivity index (χ3n) is 1.48. The maximum Gasteiger partial charge on any atom is 0.176 e. The summed E-state index contributed by atoms with van der Waals surface area (Å²) in [7, 11) is 6.62. The maximum absolute atomic E-state index is 5.52. The molecule has 11 heavy (non-hydrogen) atoms. The predicted molar refractivity (Wildman–Crippen MR) is 47.9 cm³/mol. The van der Waals surface area contributed by atoms with E-state index in [1.807, 2.05) is 30.3 Å².